The summed E-state index contributed by atoms with van der Waals surface area (Å²) in [7, 11) is 0. The molecule has 1 aliphatic rings. The van der Waals surface area contributed by atoms with Gasteiger partial charge in [0.1, 0.15) is 12.4 Å². The molecular weight excluding hydrogens is 418 g/mol. The second-order valence-electron chi connectivity index (χ2n) is 9.51. The van der Waals surface area contributed by atoms with Crippen molar-refractivity contribution in [2.24, 2.45) is 0 Å². The van der Waals surface area contributed by atoms with E-state index in [4.69, 9.17) is 4.98 Å². The van der Waals surface area contributed by atoms with E-state index in [0.29, 0.717) is 19.1 Å². The molecule has 1 heterocycles. The van der Waals surface area contributed by atoms with Gasteiger partial charge in [0, 0.05) is 19.0 Å². The van der Waals surface area contributed by atoms with Gasteiger partial charge in [-0.1, -0.05) is 86.0 Å². The summed E-state index contributed by atoms with van der Waals surface area (Å²) in [5, 5.41) is 0. The van der Waals surface area contributed by atoms with E-state index < -0.39 is 0 Å². The normalized spacial score (nSPS) is 14.4. The highest BCUT2D eigenvalue weighted by molar-refractivity contribution is 5.81. The molecule has 1 amide bonds. The number of aryl methyl sites for hydroxylation is 1. The maximum atomic E-state index is 13.9. The molecule has 1 aliphatic carbocycles. The molecule has 0 unspecified atom stereocenters. The Balaban J connectivity index is 1.47. The standard InChI is InChI=1S/C30H33N3O/c1-23-12-8-9-15-25(23)20-29-31-27-18-10-11-19-28(27)33(29)22-30(34)32(26-16-6-3-7-17-26)21-24-13-4-2-5-14-24/h2,4-5,8-15,18-19,26H,3,6-7,16-17,20-22H2,1H3. The summed E-state index contributed by atoms with van der Waals surface area (Å²) >= 11 is 0. The number of amides is 1. The van der Waals surface area contributed by atoms with Crippen molar-refractivity contribution in [2.45, 2.75) is 64.6 Å². The quantitative estimate of drug-likeness (QED) is 0.331. The number of fused-ring (bicyclic) bond motifs is 1. The molecule has 3 aromatic carbocycles. The van der Waals surface area contributed by atoms with Gasteiger partial charge in [0.25, 0.3) is 0 Å². The van der Waals surface area contributed by atoms with Crippen LogP contribution in [0.15, 0.2) is 78.9 Å². The number of carbonyl (C=O) groups excluding carboxylic acids is 1. The smallest absolute Gasteiger partial charge is 0.243 e. The van der Waals surface area contributed by atoms with Crippen LogP contribution >= 0.6 is 0 Å². The third-order valence-corrected chi connectivity index (χ3v) is 7.17. The summed E-state index contributed by atoms with van der Waals surface area (Å²) in [6.45, 7) is 3.13. The Kier molecular flexibility index (Phi) is 6.75. The molecular formula is C30H33N3O. The van der Waals surface area contributed by atoms with Gasteiger partial charge in [-0.2, -0.15) is 0 Å². The molecule has 34 heavy (non-hydrogen) atoms. The molecule has 1 aromatic heterocycles. The molecule has 1 fully saturated rings. The molecule has 0 aliphatic heterocycles. The van der Waals surface area contributed by atoms with Crippen molar-refractivity contribution >= 4 is 16.9 Å². The van der Waals surface area contributed by atoms with Crippen molar-refractivity contribution in [2.75, 3.05) is 0 Å². The third-order valence-electron chi connectivity index (χ3n) is 7.17. The number of carbonyl (C=O) groups is 1. The molecule has 4 aromatic rings. The number of benzene rings is 3. The van der Waals surface area contributed by atoms with Gasteiger partial charge in [0.15, 0.2) is 0 Å². The van der Waals surface area contributed by atoms with E-state index in [9.17, 15) is 4.79 Å². The van der Waals surface area contributed by atoms with Gasteiger partial charge in [-0.05, 0) is 48.6 Å². The van der Waals surface area contributed by atoms with Crippen molar-refractivity contribution in [3.05, 3.63) is 101 Å². The second kappa shape index (κ2) is 10.3. The van der Waals surface area contributed by atoms with E-state index in [2.05, 4.69) is 71.0 Å². The van der Waals surface area contributed by atoms with E-state index in [-0.39, 0.29) is 5.91 Å². The minimum absolute atomic E-state index is 0.185. The van der Waals surface area contributed by atoms with E-state index >= 15 is 0 Å². The summed E-state index contributed by atoms with van der Waals surface area (Å²) < 4.78 is 2.14. The Morgan fingerprint density at radius 1 is 0.912 bits per heavy atom. The predicted octanol–water partition coefficient (Wildman–Crippen LogP) is 6.30. The lowest BCUT2D eigenvalue weighted by atomic mass is 9.93. The van der Waals surface area contributed by atoms with Crippen molar-refractivity contribution in [1.82, 2.24) is 14.5 Å². The van der Waals surface area contributed by atoms with Crippen molar-refractivity contribution in [3.8, 4) is 0 Å². The zero-order valence-electron chi connectivity index (χ0n) is 20.0. The maximum absolute atomic E-state index is 13.9. The van der Waals surface area contributed by atoms with E-state index in [0.717, 1.165) is 36.1 Å². The summed E-state index contributed by atoms with van der Waals surface area (Å²) in [5.41, 5.74) is 5.67. The average Bonchev–Trinajstić information content (AvgIpc) is 3.22. The number of hydrogen-bond donors (Lipinski definition) is 0. The Morgan fingerprint density at radius 2 is 1.62 bits per heavy atom. The van der Waals surface area contributed by atoms with Crippen molar-refractivity contribution < 1.29 is 4.79 Å². The lowest BCUT2D eigenvalue weighted by Crippen LogP contribution is -2.42. The predicted molar refractivity (Wildman–Crippen MR) is 138 cm³/mol. The Bertz CT molecular complexity index is 1250. The monoisotopic (exact) mass is 451 g/mol. The first-order chi connectivity index (χ1) is 16.7. The van der Waals surface area contributed by atoms with Gasteiger partial charge in [0.2, 0.25) is 5.91 Å². The van der Waals surface area contributed by atoms with Crippen LogP contribution in [-0.2, 0) is 24.3 Å². The molecule has 0 bridgehead atoms. The summed E-state index contributed by atoms with van der Waals surface area (Å²) in [4.78, 5) is 21.0. The van der Waals surface area contributed by atoms with Crippen LogP contribution < -0.4 is 0 Å². The van der Waals surface area contributed by atoms with Crippen LogP contribution in [-0.4, -0.2) is 26.4 Å². The number of para-hydroxylation sites is 2. The molecule has 0 N–H and O–H groups in total. The topological polar surface area (TPSA) is 38.1 Å². The van der Waals surface area contributed by atoms with E-state index in [1.54, 1.807) is 0 Å². The second-order valence-corrected chi connectivity index (χ2v) is 9.51. The SMILES string of the molecule is Cc1ccccc1Cc1nc2ccccc2n1CC(=O)N(Cc1ccccc1)C1CCCCC1. The molecule has 4 nitrogen and oxygen atoms in total. The van der Waals surface area contributed by atoms with E-state index in [1.807, 2.05) is 24.3 Å². The number of nitrogens with zero attached hydrogens (tertiary/aromatic N) is 3. The fourth-order valence-corrected chi connectivity index (χ4v) is 5.24. The highest BCUT2D eigenvalue weighted by Gasteiger charge is 2.27. The van der Waals surface area contributed by atoms with E-state index in [1.165, 1.54) is 36.0 Å². The minimum atomic E-state index is 0.185. The van der Waals surface area contributed by atoms with Crippen LogP contribution in [0.2, 0.25) is 0 Å². The Hall–Kier alpha value is -3.40. The first kappa shape index (κ1) is 22.4. The Morgan fingerprint density at radius 3 is 2.41 bits per heavy atom. The van der Waals surface area contributed by atoms with Crippen LogP contribution in [0.1, 0.15) is 54.6 Å². The number of hydrogen-bond acceptors (Lipinski definition) is 2. The number of imidazole rings is 1. The van der Waals surface area contributed by atoms with Crippen LogP contribution in [0.3, 0.4) is 0 Å². The zero-order valence-corrected chi connectivity index (χ0v) is 20.0. The minimum Gasteiger partial charge on any atom is -0.334 e. The molecule has 5 rings (SSSR count). The lowest BCUT2D eigenvalue weighted by Gasteiger charge is -2.35. The fraction of sp³-hybridized carbons (Fsp3) is 0.333. The maximum Gasteiger partial charge on any atom is 0.243 e. The van der Waals surface area contributed by atoms with Gasteiger partial charge >= 0.3 is 0 Å². The van der Waals surface area contributed by atoms with Crippen LogP contribution in [0.4, 0.5) is 0 Å². The Labute approximate surface area is 202 Å². The number of aromatic nitrogens is 2. The van der Waals surface area contributed by atoms with Crippen LogP contribution in [0, 0.1) is 6.92 Å². The first-order valence-corrected chi connectivity index (χ1v) is 12.5. The van der Waals surface area contributed by atoms with Gasteiger partial charge in [-0.15, -0.1) is 0 Å². The molecule has 0 spiro atoms. The largest absolute Gasteiger partial charge is 0.334 e. The average molecular weight is 452 g/mol. The highest BCUT2D eigenvalue weighted by Crippen LogP contribution is 2.26. The van der Waals surface area contributed by atoms with Gasteiger partial charge in [-0.3, -0.25) is 4.79 Å². The van der Waals surface area contributed by atoms with Gasteiger partial charge in [0.05, 0.1) is 11.0 Å². The summed E-state index contributed by atoms with van der Waals surface area (Å²) in [6, 6.07) is 27.3. The van der Waals surface area contributed by atoms with Crippen molar-refractivity contribution in [3.63, 3.8) is 0 Å². The molecule has 4 heteroatoms. The zero-order chi connectivity index (χ0) is 23.3. The fourth-order valence-electron chi connectivity index (χ4n) is 5.24. The van der Waals surface area contributed by atoms with Crippen LogP contribution in [0.5, 0.6) is 0 Å². The van der Waals surface area contributed by atoms with Gasteiger partial charge in [-0.25, -0.2) is 4.98 Å². The molecule has 0 atom stereocenters. The molecule has 0 radical (unpaired) electrons. The van der Waals surface area contributed by atoms with Crippen LogP contribution in [0.25, 0.3) is 11.0 Å². The summed E-state index contributed by atoms with van der Waals surface area (Å²) in [6.07, 6.45) is 6.59. The molecule has 0 saturated heterocycles. The van der Waals surface area contributed by atoms with Crippen molar-refractivity contribution in [1.29, 1.82) is 0 Å². The molecule has 1 saturated carbocycles. The first-order valence-electron chi connectivity index (χ1n) is 12.5. The van der Waals surface area contributed by atoms with Gasteiger partial charge < -0.3 is 9.47 Å². The lowest BCUT2D eigenvalue weighted by molar-refractivity contribution is -0.135. The third kappa shape index (κ3) is 4.91. The number of rotatable bonds is 7. The highest BCUT2D eigenvalue weighted by atomic mass is 16.2. The summed E-state index contributed by atoms with van der Waals surface area (Å²) in [5.74, 6) is 1.14. The molecule has 174 valence electrons.